The van der Waals surface area contributed by atoms with Crippen molar-refractivity contribution in [3.05, 3.63) is 38.7 Å². The Balaban J connectivity index is 2.67. The van der Waals surface area contributed by atoms with Gasteiger partial charge in [-0.1, -0.05) is 36.7 Å². The molecule has 0 unspecified atom stereocenters. The van der Waals surface area contributed by atoms with Crippen molar-refractivity contribution in [3.63, 3.8) is 0 Å². The molecular weight excluding hydrogens is 389 g/mol. The van der Waals surface area contributed by atoms with Crippen molar-refractivity contribution in [3.8, 4) is 11.4 Å². The van der Waals surface area contributed by atoms with E-state index in [-0.39, 0.29) is 11.2 Å². The van der Waals surface area contributed by atoms with Gasteiger partial charge in [0.25, 0.3) is 0 Å². The maximum atomic E-state index is 13.5. The van der Waals surface area contributed by atoms with Gasteiger partial charge in [0, 0.05) is 15.5 Å². The highest BCUT2D eigenvalue weighted by atomic mass is 79.9. The van der Waals surface area contributed by atoms with Crippen LogP contribution in [0.5, 0.6) is 0 Å². The van der Waals surface area contributed by atoms with Gasteiger partial charge in [0.2, 0.25) is 0 Å². The zero-order chi connectivity index (χ0) is 15.1. The van der Waals surface area contributed by atoms with Crippen LogP contribution in [0.3, 0.4) is 0 Å². The molecule has 2 rings (SSSR count). The first-order valence-electron chi connectivity index (χ1n) is 5.98. The van der Waals surface area contributed by atoms with Gasteiger partial charge in [-0.25, -0.2) is 14.4 Å². The highest BCUT2D eigenvalue weighted by Gasteiger charge is 2.23. The maximum absolute atomic E-state index is 13.5. The fraction of sp³-hybridized carbons (Fsp3) is 0.286. The Hall–Kier alpha value is -1.01. The summed E-state index contributed by atoms with van der Waals surface area (Å²) in [5.41, 5.74) is 7.11. The molecule has 0 aliphatic rings. The zero-order valence-electron chi connectivity index (χ0n) is 11.3. The first-order chi connectivity index (χ1) is 9.18. The number of halogens is 3. The fourth-order valence-electron chi connectivity index (χ4n) is 1.77. The predicted octanol–water partition coefficient (Wildman–Crippen LogP) is 4.69. The van der Waals surface area contributed by atoms with Crippen LogP contribution in [0, 0.1) is 5.82 Å². The molecule has 0 amide bonds. The molecule has 20 heavy (non-hydrogen) atoms. The van der Waals surface area contributed by atoms with Crippen LogP contribution in [0.2, 0.25) is 0 Å². The Morgan fingerprint density at radius 3 is 2.30 bits per heavy atom. The minimum atomic E-state index is -0.350. The Morgan fingerprint density at radius 2 is 1.75 bits per heavy atom. The predicted molar refractivity (Wildman–Crippen MR) is 85.9 cm³/mol. The average Bonchev–Trinajstić information content (AvgIpc) is 2.29. The lowest BCUT2D eigenvalue weighted by molar-refractivity contribution is 0.564. The molecule has 0 saturated heterocycles. The molecule has 0 saturated carbocycles. The van der Waals surface area contributed by atoms with Crippen molar-refractivity contribution in [2.24, 2.45) is 0 Å². The van der Waals surface area contributed by atoms with E-state index in [0.717, 1.165) is 5.69 Å². The topological polar surface area (TPSA) is 51.8 Å². The number of nitrogen functional groups attached to an aromatic ring is 1. The summed E-state index contributed by atoms with van der Waals surface area (Å²) in [5.74, 6) is 0.410. The third-order valence-electron chi connectivity index (χ3n) is 2.71. The first-order valence-corrected chi connectivity index (χ1v) is 7.57. The third-order valence-corrected chi connectivity index (χ3v) is 3.95. The molecule has 2 N–H and O–H groups in total. The van der Waals surface area contributed by atoms with Gasteiger partial charge in [-0.2, -0.15) is 0 Å². The molecule has 1 aromatic heterocycles. The molecule has 0 radical (unpaired) electrons. The van der Waals surface area contributed by atoms with Gasteiger partial charge in [-0.05, 0) is 34.1 Å². The normalized spacial score (nSPS) is 11.7. The second-order valence-corrected chi connectivity index (χ2v) is 7.21. The zero-order valence-corrected chi connectivity index (χ0v) is 14.5. The van der Waals surface area contributed by atoms with E-state index in [1.807, 2.05) is 20.8 Å². The number of aromatic nitrogens is 2. The summed E-state index contributed by atoms with van der Waals surface area (Å²) in [6.45, 7) is 6.10. The van der Waals surface area contributed by atoms with E-state index in [4.69, 9.17) is 5.73 Å². The van der Waals surface area contributed by atoms with Gasteiger partial charge in [-0.3, -0.25) is 0 Å². The number of nitrogens with zero attached hydrogens (tertiary/aromatic N) is 2. The molecule has 2 aromatic rings. The monoisotopic (exact) mass is 401 g/mol. The van der Waals surface area contributed by atoms with Gasteiger partial charge in [0.05, 0.1) is 10.2 Å². The summed E-state index contributed by atoms with van der Waals surface area (Å²) in [5, 5.41) is 0. The first kappa shape index (κ1) is 15.4. The van der Waals surface area contributed by atoms with E-state index < -0.39 is 0 Å². The Kier molecular flexibility index (Phi) is 4.16. The van der Waals surface area contributed by atoms with Crippen LogP contribution >= 0.6 is 31.9 Å². The van der Waals surface area contributed by atoms with Crippen molar-refractivity contribution in [1.82, 2.24) is 9.97 Å². The van der Waals surface area contributed by atoms with Gasteiger partial charge in [0.1, 0.15) is 11.6 Å². The number of nitrogens with two attached hydrogens (primary N) is 1. The summed E-state index contributed by atoms with van der Waals surface area (Å²) in [4.78, 5) is 8.76. The van der Waals surface area contributed by atoms with E-state index in [1.165, 1.54) is 12.1 Å². The summed E-state index contributed by atoms with van der Waals surface area (Å²) in [6, 6.07) is 4.54. The summed E-state index contributed by atoms with van der Waals surface area (Å²) < 4.78 is 14.8. The third kappa shape index (κ3) is 3.17. The molecule has 1 heterocycles. The van der Waals surface area contributed by atoms with Crippen LogP contribution in [0.15, 0.2) is 27.1 Å². The van der Waals surface area contributed by atoms with Gasteiger partial charge >= 0.3 is 0 Å². The Bertz CT molecular complexity index is 646. The largest absolute Gasteiger partial charge is 0.383 e. The molecular formula is C14H14Br2FN3. The van der Waals surface area contributed by atoms with Crippen molar-refractivity contribution < 1.29 is 4.39 Å². The van der Waals surface area contributed by atoms with Crippen LogP contribution in [-0.2, 0) is 5.41 Å². The van der Waals surface area contributed by atoms with E-state index in [2.05, 4.69) is 41.8 Å². The summed E-state index contributed by atoms with van der Waals surface area (Å²) >= 11 is 6.68. The number of hydrogen-bond acceptors (Lipinski definition) is 3. The molecule has 1 aromatic carbocycles. The van der Waals surface area contributed by atoms with Crippen molar-refractivity contribution in [1.29, 1.82) is 0 Å². The number of hydrogen-bond donors (Lipinski definition) is 1. The van der Waals surface area contributed by atoms with E-state index in [0.29, 0.717) is 26.2 Å². The number of benzene rings is 1. The molecule has 0 spiro atoms. The summed E-state index contributed by atoms with van der Waals surface area (Å²) in [6.07, 6.45) is 0. The average molecular weight is 403 g/mol. The van der Waals surface area contributed by atoms with Crippen LogP contribution in [0.4, 0.5) is 10.2 Å². The van der Waals surface area contributed by atoms with Crippen molar-refractivity contribution >= 4 is 37.7 Å². The van der Waals surface area contributed by atoms with Crippen LogP contribution < -0.4 is 5.73 Å². The van der Waals surface area contributed by atoms with Crippen LogP contribution in [0.25, 0.3) is 11.4 Å². The lowest BCUT2D eigenvalue weighted by atomic mass is 9.91. The maximum Gasteiger partial charge on any atom is 0.161 e. The fourth-order valence-corrected chi connectivity index (χ4v) is 3.01. The van der Waals surface area contributed by atoms with Gasteiger partial charge in [0.15, 0.2) is 5.82 Å². The minimum Gasteiger partial charge on any atom is -0.383 e. The lowest BCUT2D eigenvalue weighted by Gasteiger charge is -2.21. The molecule has 0 aliphatic heterocycles. The van der Waals surface area contributed by atoms with E-state index in [9.17, 15) is 4.39 Å². The molecule has 0 bridgehead atoms. The minimum absolute atomic E-state index is 0.199. The quantitative estimate of drug-likeness (QED) is 0.752. The van der Waals surface area contributed by atoms with Crippen LogP contribution in [-0.4, -0.2) is 9.97 Å². The highest BCUT2D eigenvalue weighted by Crippen LogP contribution is 2.33. The number of rotatable bonds is 1. The molecule has 0 fully saturated rings. The van der Waals surface area contributed by atoms with Gasteiger partial charge < -0.3 is 5.73 Å². The molecule has 0 atom stereocenters. The van der Waals surface area contributed by atoms with E-state index >= 15 is 0 Å². The van der Waals surface area contributed by atoms with Crippen molar-refractivity contribution in [2.75, 3.05) is 5.73 Å². The lowest BCUT2D eigenvalue weighted by Crippen LogP contribution is -2.17. The van der Waals surface area contributed by atoms with Crippen LogP contribution in [0.1, 0.15) is 26.5 Å². The number of anilines is 1. The SMILES string of the molecule is CC(C)(C)c1nc(-c2cc(F)cc(Br)c2)nc(N)c1Br. The molecule has 0 aliphatic carbocycles. The van der Waals surface area contributed by atoms with Crippen molar-refractivity contribution in [2.45, 2.75) is 26.2 Å². The highest BCUT2D eigenvalue weighted by molar-refractivity contribution is 9.11. The molecule has 106 valence electrons. The Labute approximate surface area is 134 Å². The second-order valence-electron chi connectivity index (χ2n) is 5.50. The molecule has 6 heteroatoms. The van der Waals surface area contributed by atoms with E-state index in [1.54, 1.807) is 6.07 Å². The smallest absolute Gasteiger partial charge is 0.161 e. The van der Waals surface area contributed by atoms with Gasteiger partial charge in [-0.15, -0.1) is 0 Å². The Morgan fingerprint density at radius 1 is 1.10 bits per heavy atom. The summed E-state index contributed by atoms with van der Waals surface area (Å²) in [7, 11) is 0. The standard InChI is InChI=1S/C14H14Br2FN3/c1-14(2,3)11-10(16)12(18)20-13(19-11)7-4-8(15)6-9(17)5-7/h4-6H,1-3H3,(H2,18,19,20). The molecule has 3 nitrogen and oxygen atoms in total. The second kappa shape index (κ2) is 5.41.